The average Bonchev–Trinajstić information content (AvgIpc) is 2.30. The summed E-state index contributed by atoms with van der Waals surface area (Å²) in [5, 5.41) is 8.43. The predicted molar refractivity (Wildman–Crippen MR) is 61.3 cm³/mol. The average molecular weight is 257 g/mol. The third-order valence-electron chi connectivity index (χ3n) is 2.42. The van der Waals surface area contributed by atoms with E-state index >= 15 is 0 Å². The number of rotatable bonds is 5. The van der Waals surface area contributed by atoms with Crippen molar-refractivity contribution in [2.75, 3.05) is 11.9 Å². The van der Waals surface area contributed by atoms with Crippen LogP contribution in [0.1, 0.15) is 19.3 Å². The van der Waals surface area contributed by atoms with E-state index < -0.39 is 23.5 Å². The van der Waals surface area contributed by atoms with Crippen LogP contribution < -0.4 is 4.90 Å². The number of hydrogen-bond acceptors (Lipinski definition) is 2. The van der Waals surface area contributed by atoms with Crippen molar-refractivity contribution in [3.05, 3.63) is 29.8 Å². The van der Waals surface area contributed by atoms with Crippen molar-refractivity contribution in [2.45, 2.75) is 19.3 Å². The summed E-state index contributed by atoms with van der Waals surface area (Å²) in [7, 11) is 1.32. The lowest BCUT2D eigenvalue weighted by Gasteiger charge is -2.17. The van der Waals surface area contributed by atoms with E-state index in [0.29, 0.717) is 0 Å². The largest absolute Gasteiger partial charge is 0.481 e. The number of amides is 1. The van der Waals surface area contributed by atoms with Crippen LogP contribution in [0, 0.1) is 11.6 Å². The Morgan fingerprint density at radius 2 is 1.94 bits per heavy atom. The van der Waals surface area contributed by atoms with E-state index in [1.807, 2.05) is 0 Å². The van der Waals surface area contributed by atoms with Crippen molar-refractivity contribution in [3.8, 4) is 0 Å². The third-order valence-corrected chi connectivity index (χ3v) is 2.42. The molecule has 0 saturated heterocycles. The van der Waals surface area contributed by atoms with Crippen molar-refractivity contribution in [1.82, 2.24) is 0 Å². The van der Waals surface area contributed by atoms with Gasteiger partial charge in [0.1, 0.15) is 11.6 Å². The molecule has 1 amide bonds. The number of halogens is 2. The highest BCUT2D eigenvalue weighted by atomic mass is 19.1. The lowest BCUT2D eigenvalue weighted by atomic mass is 10.2. The Hall–Kier alpha value is -1.98. The standard InChI is InChI=1S/C12H13F2NO3/c1-15(11(16)3-2-4-12(17)18)10-7-8(13)5-6-9(10)14/h5-7H,2-4H2,1H3,(H,17,18). The molecule has 4 nitrogen and oxygen atoms in total. The fraction of sp³-hybridized carbons (Fsp3) is 0.333. The SMILES string of the molecule is CN(C(=O)CCCC(=O)O)c1cc(F)ccc1F. The molecule has 1 rings (SSSR count). The topological polar surface area (TPSA) is 57.6 Å². The molecule has 1 aromatic carbocycles. The first-order chi connectivity index (χ1) is 8.41. The van der Waals surface area contributed by atoms with Crippen LogP contribution in [0.25, 0.3) is 0 Å². The number of hydrogen-bond donors (Lipinski definition) is 1. The Morgan fingerprint density at radius 3 is 2.56 bits per heavy atom. The van der Waals surface area contributed by atoms with Crippen LogP contribution in [0.5, 0.6) is 0 Å². The highest BCUT2D eigenvalue weighted by Gasteiger charge is 2.15. The second-order valence-electron chi connectivity index (χ2n) is 3.80. The molecular formula is C12H13F2NO3. The molecule has 0 bridgehead atoms. The first-order valence-corrected chi connectivity index (χ1v) is 5.35. The molecule has 98 valence electrons. The summed E-state index contributed by atoms with van der Waals surface area (Å²) in [5.74, 6) is -2.80. The molecule has 0 atom stereocenters. The first kappa shape index (κ1) is 14.1. The molecule has 18 heavy (non-hydrogen) atoms. The predicted octanol–water partition coefficient (Wildman–Crippen LogP) is 2.18. The summed E-state index contributed by atoms with van der Waals surface area (Å²) in [6.45, 7) is 0. The van der Waals surface area contributed by atoms with Crippen LogP contribution in [-0.2, 0) is 9.59 Å². The number of benzene rings is 1. The van der Waals surface area contributed by atoms with Gasteiger partial charge in [0.15, 0.2) is 0 Å². The molecule has 1 N–H and O–H groups in total. The van der Waals surface area contributed by atoms with Crippen LogP contribution in [0.15, 0.2) is 18.2 Å². The van der Waals surface area contributed by atoms with Crippen LogP contribution in [0.3, 0.4) is 0 Å². The van der Waals surface area contributed by atoms with E-state index in [4.69, 9.17) is 5.11 Å². The molecular weight excluding hydrogens is 244 g/mol. The normalized spacial score (nSPS) is 10.2. The fourth-order valence-corrected chi connectivity index (χ4v) is 1.44. The molecule has 0 radical (unpaired) electrons. The summed E-state index contributed by atoms with van der Waals surface area (Å²) in [6.07, 6.45) is -0.000588. The highest BCUT2D eigenvalue weighted by Crippen LogP contribution is 2.20. The van der Waals surface area contributed by atoms with Crippen LogP contribution in [-0.4, -0.2) is 24.0 Å². The van der Waals surface area contributed by atoms with Gasteiger partial charge in [0.25, 0.3) is 0 Å². The molecule has 0 fully saturated rings. The number of aliphatic carboxylic acids is 1. The number of anilines is 1. The summed E-state index contributed by atoms with van der Waals surface area (Å²) in [6, 6.07) is 2.82. The summed E-state index contributed by atoms with van der Waals surface area (Å²) in [4.78, 5) is 22.9. The Labute approximate surface area is 103 Å². The van der Waals surface area contributed by atoms with Gasteiger partial charge in [-0.2, -0.15) is 0 Å². The van der Waals surface area contributed by atoms with Crippen LogP contribution >= 0.6 is 0 Å². The second-order valence-corrected chi connectivity index (χ2v) is 3.80. The molecule has 0 aliphatic heterocycles. The maximum atomic E-state index is 13.4. The third kappa shape index (κ3) is 3.80. The minimum absolute atomic E-state index is 0.0290. The number of carboxylic acids is 1. The minimum Gasteiger partial charge on any atom is -0.481 e. The molecule has 0 aliphatic rings. The van der Waals surface area contributed by atoms with E-state index in [1.54, 1.807) is 0 Å². The van der Waals surface area contributed by atoms with Crippen molar-refractivity contribution in [1.29, 1.82) is 0 Å². The van der Waals surface area contributed by atoms with Crippen LogP contribution in [0.4, 0.5) is 14.5 Å². The van der Waals surface area contributed by atoms with Gasteiger partial charge in [0, 0.05) is 26.0 Å². The van der Waals surface area contributed by atoms with Gasteiger partial charge in [-0.3, -0.25) is 9.59 Å². The Kier molecular flexibility index (Phi) is 4.76. The molecule has 1 aromatic rings. The Bertz CT molecular complexity index is 463. The van der Waals surface area contributed by atoms with Crippen molar-refractivity contribution >= 4 is 17.6 Å². The van der Waals surface area contributed by atoms with E-state index in [9.17, 15) is 18.4 Å². The summed E-state index contributed by atoms with van der Waals surface area (Å²) in [5.41, 5.74) is -0.157. The molecule has 0 heterocycles. The van der Waals surface area contributed by atoms with Gasteiger partial charge in [0.2, 0.25) is 5.91 Å². The first-order valence-electron chi connectivity index (χ1n) is 5.35. The van der Waals surface area contributed by atoms with Crippen molar-refractivity contribution in [2.24, 2.45) is 0 Å². The molecule has 0 aliphatic carbocycles. The van der Waals surface area contributed by atoms with E-state index in [-0.39, 0.29) is 24.9 Å². The monoisotopic (exact) mass is 257 g/mol. The molecule has 0 unspecified atom stereocenters. The molecule has 0 saturated carbocycles. The second kappa shape index (κ2) is 6.09. The lowest BCUT2D eigenvalue weighted by molar-refractivity contribution is -0.137. The van der Waals surface area contributed by atoms with Gasteiger partial charge in [-0.1, -0.05) is 0 Å². The maximum absolute atomic E-state index is 13.4. The molecule has 0 spiro atoms. The number of carbonyl (C=O) groups excluding carboxylic acids is 1. The minimum atomic E-state index is -0.998. The van der Waals surface area contributed by atoms with Gasteiger partial charge < -0.3 is 10.0 Å². The highest BCUT2D eigenvalue weighted by molar-refractivity contribution is 5.93. The number of carbonyl (C=O) groups is 2. The van der Waals surface area contributed by atoms with Crippen molar-refractivity contribution in [3.63, 3.8) is 0 Å². The van der Waals surface area contributed by atoms with Gasteiger partial charge in [-0.25, -0.2) is 8.78 Å². The summed E-state index contributed by atoms with van der Waals surface area (Å²) < 4.78 is 26.3. The zero-order valence-corrected chi connectivity index (χ0v) is 9.82. The number of carboxylic acid groups (broad SMARTS) is 1. The number of nitrogens with zero attached hydrogens (tertiary/aromatic N) is 1. The summed E-state index contributed by atoms with van der Waals surface area (Å²) >= 11 is 0. The maximum Gasteiger partial charge on any atom is 0.303 e. The zero-order chi connectivity index (χ0) is 13.7. The van der Waals surface area contributed by atoms with E-state index in [2.05, 4.69) is 0 Å². The van der Waals surface area contributed by atoms with Crippen molar-refractivity contribution < 1.29 is 23.5 Å². The van der Waals surface area contributed by atoms with Gasteiger partial charge in [-0.15, -0.1) is 0 Å². The van der Waals surface area contributed by atoms with E-state index in [0.717, 1.165) is 23.1 Å². The zero-order valence-electron chi connectivity index (χ0n) is 9.82. The van der Waals surface area contributed by atoms with Gasteiger partial charge in [0.05, 0.1) is 5.69 Å². The van der Waals surface area contributed by atoms with Gasteiger partial charge in [-0.05, 0) is 18.6 Å². The Morgan fingerprint density at radius 1 is 1.28 bits per heavy atom. The van der Waals surface area contributed by atoms with Gasteiger partial charge >= 0.3 is 5.97 Å². The smallest absolute Gasteiger partial charge is 0.303 e. The molecule has 0 aromatic heterocycles. The molecule has 6 heteroatoms. The Balaban J connectivity index is 2.68. The van der Waals surface area contributed by atoms with E-state index in [1.165, 1.54) is 7.05 Å². The van der Waals surface area contributed by atoms with Crippen LogP contribution in [0.2, 0.25) is 0 Å². The fourth-order valence-electron chi connectivity index (χ4n) is 1.44. The lowest BCUT2D eigenvalue weighted by Crippen LogP contribution is -2.27. The quantitative estimate of drug-likeness (QED) is 0.879.